The number of anilines is 1. The lowest BCUT2D eigenvalue weighted by molar-refractivity contribution is -0.115. The van der Waals surface area contributed by atoms with Crippen LogP contribution in [0.15, 0.2) is 48.8 Å². The van der Waals surface area contributed by atoms with Crippen LogP contribution in [0.2, 0.25) is 0 Å². The van der Waals surface area contributed by atoms with Gasteiger partial charge in [0.2, 0.25) is 5.91 Å². The van der Waals surface area contributed by atoms with E-state index in [0.717, 1.165) is 11.3 Å². The first-order chi connectivity index (χ1) is 10.2. The first-order valence-electron chi connectivity index (χ1n) is 6.76. The molecule has 5 nitrogen and oxygen atoms in total. The zero-order valence-electron chi connectivity index (χ0n) is 12.2. The number of nitrogens with zero attached hydrogens (tertiary/aromatic N) is 1. The van der Waals surface area contributed by atoms with E-state index in [1.165, 1.54) is 0 Å². The second-order valence-electron chi connectivity index (χ2n) is 4.67. The van der Waals surface area contributed by atoms with Crippen molar-refractivity contribution in [2.75, 3.05) is 19.0 Å². The highest BCUT2D eigenvalue weighted by molar-refractivity contribution is 5.92. The van der Waals surface area contributed by atoms with Gasteiger partial charge in [0.05, 0.1) is 13.7 Å². The lowest BCUT2D eigenvalue weighted by Gasteiger charge is -2.13. The summed E-state index contributed by atoms with van der Waals surface area (Å²) in [4.78, 5) is 16.0. The summed E-state index contributed by atoms with van der Waals surface area (Å²) < 4.78 is 5.12. The molecule has 0 spiro atoms. The molecule has 2 N–H and O–H groups in total. The van der Waals surface area contributed by atoms with Gasteiger partial charge in [0.25, 0.3) is 0 Å². The molecule has 0 saturated carbocycles. The Hall–Kier alpha value is -2.40. The molecule has 5 heteroatoms. The summed E-state index contributed by atoms with van der Waals surface area (Å²) in [7, 11) is 1.60. The number of benzene rings is 1. The van der Waals surface area contributed by atoms with E-state index in [2.05, 4.69) is 15.6 Å². The Kier molecular flexibility index (Phi) is 5.29. The molecule has 2 aromatic rings. The lowest BCUT2D eigenvalue weighted by atomic mass is 10.1. The zero-order valence-corrected chi connectivity index (χ0v) is 12.2. The fraction of sp³-hybridized carbons (Fsp3) is 0.250. The van der Waals surface area contributed by atoms with E-state index in [-0.39, 0.29) is 18.5 Å². The molecule has 110 valence electrons. The highest BCUT2D eigenvalue weighted by Crippen LogP contribution is 2.16. The Balaban J connectivity index is 1.84. The summed E-state index contributed by atoms with van der Waals surface area (Å²) in [6.07, 6.45) is 3.52. The monoisotopic (exact) mass is 285 g/mol. The van der Waals surface area contributed by atoms with E-state index >= 15 is 0 Å². The van der Waals surface area contributed by atoms with Gasteiger partial charge in [-0.15, -0.1) is 0 Å². The van der Waals surface area contributed by atoms with Crippen molar-refractivity contribution in [3.8, 4) is 5.75 Å². The smallest absolute Gasteiger partial charge is 0.238 e. The summed E-state index contributed by atoms with van der Waals surface area (Å²) in [5.41, 5.74) is 1.77. The molecule has 21 heavy (non-hydrogen) atoms. The Labute approximate surface area is 124 Å². The summed E-state index contributed by atoms with van der Waals surface area (Å²) in [5, 5.41) is 5.99. The van der Waals surface area contributed by atoms with Gasteiger partial charge in [-0.1, -0.05) is 12.1 Å². The Morgan fingerprint density at radius 1 is 1.33 bits per heavy atom. The number of pyridine rings is 1. The quantitative estimate of drug-likeness (QED) is 0.855. The normalized spacial score (nSPS) is 11.7. The first kappa shape index (κ1) is 15.0. The Bertz CT molecular complexity index is 587. The van der Waals surface area contributed by atoms with E-state index in [1.54, 1.807) is 25.6 Å². The van der Waals surface area contributed by atoms with E-state index in [4.69, 9.17) is 4.74 Å². The first-order valence-corrected chi connectivity index (χ1v) is 6.76. The maximum absolute atomic E-state index is 11.9. The molecule has 1 atom stereocenters. The topological polar surface area (TPSA) is 63.2 Å². The second-order valence-corrected chi connectivity index (χ2v) is 4.67. The van der Waals surface area contributed by atoms with Crippen molar-refractivity contribution in [2.45, 2.75) is 13.0 Å². The van der Waals surface area contributed by atoms with E-state index < -0.39 is 0 Å². The molecule has 1 amide bonds. The minimum absolute atomic E-state index is 0.0646. The molecule has 0 fully saturated rings. The number of carbonyl (C=O) groups excluding carboxylic acids is 1. The van der Waals surface area contributed by atoms with Crippen LogP contribution in [0.3, 0.4) is 0 Å². The third-order valence-electron chi connectivity index (χ3n) is 3.11. The summed E-state index contributed by atoms with van der Waals surface area (Å²) in [6, 6.07) is 11.2. The number of hydrogen-bond donors (Lipinski definition) is 2. The van der Waals surface area contributed by atoms with Crippen LogP contribution < -0.4 is 15.4 Å². The number of aromatic nitrogens is 1. The predicted molar refractivity (Wildman–Crippen MR) is 82.3 cm³/mol. The predicted octanol–water partition coefficient (Wildman–Crippen LogP) is 2.38. The standard InChI is InChI=1S/C16H19N3O2/c1-12(13-5-4-8-17-10-13)18-11-16(20)19-14-6-3-7-15(9-14)21-2/h3-10,12,18H,11H2,1-2H3,(H,19,20). The number of hydrogen-bond acceptors (Lipinski definition) is 4. The van der Waals surface area contributed by atoms with Crippen molar-refractivity contribution in [1.29, 1.82) is 0 Å². The molecule has 1 aromatic carbocycles. The van der Waals surface area contributed by atoms with Crippen LogP contribution in [0.1, 0.15) is 18.5 Å². The minimum atomic E-state index is -0.0982. The third-order valence-corrected chi connectivity index (χ3v) is 3.11. The van der Waals surface area contributed by atoms with Gasteiger partial charge in [0.1, 0.15) is 5.75 Å². The van der Waals surface area contributed by atoms with Gasteiger partial charge in [-0.3, -0.25) is 9.78 Å². The average molecular weight is 285 g/mol. The Morgan fingerprint density at radius 2 is 2.19 bits per heavy atom. The molecule has 0 bridgehead atoms. The number of amides is 1. The largest absolute Gasteiger partial charge is 0.497 e. The van der Waals surface area contributed by atoms with Gasteiger partial charge in [-0.25, -0.2) is 0 Å². The second kappa shape index (κ2) is 7.40. The SMILES string of the molecule is COc1cccc(NC(=O)CNC(C)c2cccnc2)c1. The van der Waals surface area contributed by atoms with E-state index in [0.29, 0.717) is 5.75 Å². The van der Waals surface area contributed by atoms with Crippen LogP contribution >= 0.6 is 0 Å². The Morgan fingerprint density at radius 3 is 2.90 bits per heavy atom. The number of methoxy groups -OCH3 is 1. The van der Waals surface area contributed by atoms with E-state index in [9.17, 15) is 4.79 Å². The van der Waals surface area contributed by atoms with Gasteiger partial charge >= 0.3 is 0 Å². The molecule has 0 aliphatic heterocycles. The molecule has 0 saturated heterocycles. The van der Waals surface area contributed by atoms with Crippen LogP contribution in [0, 0.1) is 0 Å². The van der Waals surface area contributed by atoms with Crippen LogP contribution in [-0.2, 0) is 4.79 Å². The van der Waals surface area contributed by atoms with Crippen molar-refractivity contribution in [1.82, 2.24) is 10.3 Å². The van der Waals surface area contributed by atoms with Gasteiger partial charge < -0.3 is 15.4 Å². The molecule has 0 aliphatic carbocycles. The molecule has 1 unspecified atom stereocenters. The average Bonchev–Trinajstić information content (AvgIpc) is 2.53. The van der Waals surface area contributed by atoms with Crippen molar-refractivity contribution in [2.24, 2.45) is 0 Å². The third kappa shape index (κ3) is 4.57. The van der Waals surface area contributed by atoms with Gasteiger partial charge in [-0.2, -0.15) is 0 Å². The molecule has 1 heterocycles. The molecular formula is C16H19N3O2. The molecule has 2 rings (SSSR count). The molecule has 0 aliphatic rings. The molecular weight excluding hydrogens is 266 g/mol. The fourth-order valence-corrected chi connectivity index (χ4v) is 1.90. The maximum Gasteiger partial charge on any atom is 0.238 e. The van der Waals surface area contributed by atoms with Crippen molar-refractivity contribution in [3.63, 3.8) is 0 Å². The minimum Gasteiger partial charge on any atom is -0.497 e. The zero-order chi connectivity index (χ0) is 15.1. The number of ether oxygens (including phenoxy) is 1. The van der Waals surface area contributed by atoms with Gasteiger partial charge in [-0.05, 0) is 30.7 Å². The van der Waals surface area contributed by atoms with Crippen molar-refractivity contribution < 1.29 is 9.53 Å². The van der Waals surface area contributed by atoms with Crippen molar-refractivity contribution >= 4 is 11.6 Å². The van der Waals surface area contributed by atoms with Gasteiger partial charge in [0, 0.05) is 30.2 Å². The van der Waals surface area contributed by atoms with Crippen LogP contribution in [0.5, 0.6) is 5.75 Å². The van der Waals surface area contributed by atoms with Crippen LogP contribution in [0.4, 0.5) is 5.69 Å². The molecule has 0 radical (unpaired) electrons. The number of rotatable bonds is 6. The summed E-state index contributed by atoms with van der Waals surface area (Å²) in [5.74, 6) is 0.614. The van der Waals surface area contributed by atoms with Crippen LogP contribution in [0.25, 0.3) is 0 Å². The van der Waals surface area contributed by atoms with Gasteiger partial charge in [0.15, 0.2) is 0 Å². The number of nitrogens with one attached hydrogen (secondary N) is 2. The maximum atomic E-state index is 11.9. The summed E-state index contributed by atoms with van der Waals surface area (Å²) >= 11 is 0. The summed E-state index contributed by atoms with van der Waals surface area (Å²) in [6.45, 7) is 2.23. The van der Waals surface area contributed by atoms with E-state index in [1.807, 2.05) is 37.3 Å². The number of carbonyl (C=O) groups is 1. The molecule has 1 aromatic heterocycles. The highest BCUT2D eigenvalue weighted by Gasteiger charge is 2.08. The highest BCUT2D eigenvalue weighted by atomic mass is 16.5. The van der Waals surface area contributed by atoms with Crippen molar-refractivity contribution in [3.05, 3.63) is 54.4 Å². The fourth-order valence-electron chi connectivity index (χ4n) is 1.90. The van der Waals surface area contributed by atoms with Crippen LogP contribution in [-0.4, -0.2) is 24.5 Å². The lowest BCUT2D eigenvalue weighted by Crippen LogP contribution is -2.30.